The van der Waals surface area contributed by atoms with E-state index in [1.807, 2.05) is 66.9 Å². The number of pyridine rings is 1. The van der Waals surface area contributed by atoms with E-state index in [1.165, 1.54) is 18.5 Å². The number of aromatic amines is 1. The lowest BCUT2D eigenvalue weighted by molar-refractivity contribution is -0.142. The van der Waals surface area contributed by atoms with Crippen molar-refractivity contribution in [1.82, 2.24) is 56.8 Å². The van der Waals surface area contributed by atoms with Crippen LogP contribution in [0.25, 0.3) is 32.6 Å². The first-order valence-corrected chi connectivity index (χ1v) is 25.9. The Kier molecular flexibility index (Phi) is 25.4. The largest absolute Gasteiger partial charge is 0.508 e. The van der Waals surface area contributed by atoms with Crippen molar-refractivity contribution in [3.63, 3.8) is 0 Å². The van der Waals surface area contributed by atoms with Gasteiger partial charge in [-0.05, 0) is 108 Å². The van der Waals surface area contributed by atoms with Gasteiger partial charge in [-0.1, -0.05) is 66.7 Å². The van der Waals surface area contributed by atoms with Gasteiger partial charge in [0.25, 0.3) is 5.56 Å². The second-order valence-corrected chi connectivity index (χ2v) is 17.3. The molecule has 0 atom stereocenters. The van der Waals surface area contributed by atoms with Gasteiger partial charge in [-0.2, -0.15) is 0 Å². The van der Waals surface area contributed by atoms with Crippen molar-refractivity contribution in [2.24, 2.45) is 0 Å². The number of ether oxygens (including phenoxy) is 3. The molecule has 26 heteroatoms. The number of para-hydroxylation sites is 1. The highest BCUT2D eigenvalue weighted by molar-refractivity contribution is 5.95. The van der Waals surface area contributed by atoms with Crippen molar-refractivity contribution in [3.8, 4) is 5.75 Å². The standard InChI is InChI=1S/C16H19N3O3.C15H14N6O2.C14H17N3O3.C12H16N2O4/c1-2-22-15(20)10-19-16(21)18-9-11-7-8-14(17)13-6-4-3-5-12(11)13;16-13-6-5-10(7-17-13)8-18-15(23)20-21-9-19-12-4-2-1-3-11(12)14(21)22;1-2-20-13(18)9-17-14(19)16-8-10-3-4-12-11(7-10)5-6-15-12;1-2-18-11(16)8-14-12(17)13-7-9-3-5-10(15)6-4-9/h3-8H,2,9-10,17H2,1H3,(H2,18,19,21);1-7,9H,8H2,(H2,16,17)(H2,18,20,23);3-7,15H,2,8-9H2,1H3,(H2,16,17,19);3-6,15H,2,7-8H2,1H3,(H2,13,14,17). The Hall–Kier alpha value is -10.9. The molecule has 5 aromatic carbocycles. The monoisotopic (exact) mass is 1140 g/mol. The number of urea groups is 4. The smallest absolute Gasteiger partial charge is 0.334 e. The molecule has 3 heterocycles. The number of nitrogens with zero attached hydrogens (tertiary/aromatic N) is 3. The molecule has 0 aliphatic heterocycles. The maximum Gasteiger partial charge on any atom is 0.334 e. The number of hydrogen-bond donors (Lipinski definition) is 12. The van der Waals surface area contributed by atoms with Gasteiger partial charge in [0.05, 0.1) is 30.7 Å². The topological polar surface area (TPSA) is 379 Å². The third kappa shape index (κ3) is 22.0. The summed E-state index contributed by atoms with van der Waals surface area (Å²) in [7, 11) is 0. The van der Waals surface area contributed by atoms with Gasteiger partial charge in [0.1, 0.15) is 37.5 Å². The molecule has 0 fully saturated rings. The molecule has 436 valence electrons. The van der Waals surface area contributed by atoms with Crippen LogP contribution in [0.3, 0.4) is 0 Å². The summed E-state index contributed by atoms with van der Waals surface area (Å²) in [6.07, 6.45) is 4.71. The number of nitrogens with two attached hydrogens (primary N) is 2. The fourth-order valence-electron chi connectivity index (χ4n) is 7.21. The van der Waals surface area contributed by atoms with Crippen molar-refractivity contribution >= 4 is 86.1 Å². The van der Waals surface area contributed by atoms with Crippen molar-refractivity contribution in [3.05, 3.63) is 173 Å². The summed E-state index contributed by atoms with van der Waals surface area (Å²) in [5.41, 5.74) is 19.4. The lowest BCUT2D eigenvalue weighted by atomic mass is 10.0. The molecule has 0 aliphatic rings. The zero-order valence-corrected chi connectivity index (χ0v) is 45.8. The predicted molar refractivity (Wildman–Crippen MR) is 312 cm³/mol. The number of H-pyrrole nitrogens is 1. The molecule has 0 spiro atoms. The Balaban J connectivity index is 0.000000204. The van der Waals surface area contributed by atoms with Crippen LogP contribution >= 0.6 is 0 Å². The van der Waals surface area contributed by atoms with E-state index in [0.717, 1.165) is 48.6 Å². The highest BCUT2D eigenvalue weighted by Crippen LogP contribution is 2.24. The summed E-state index contributed by atoms with van der Waals surface area (Å²) in [6, 6.07) is 34.3. The van der Waals surface area contributed by atoms with Gasteiger partial charge in [-0.25, -0.2) is 39.2 Å². The molecule has 0 aliphatic carbocycles. The summed E-state index contributed by atoms with van der Waals surface area (Å²) in [6.45, 7) is 6.89. The summed E-state index contributed by atoms with van der Waals surface area (Å²) < 4.78 is 15.1. The number of phenols is 1. The van der Waals surface area contributed by atoms with E-state index in [2.05, 4.69) is 62.3 Å². The number of phenolic OH excluding ortho intramolecular Hbond substituents is 1. The van der Waals surface area contributed by atoms with Crippen LogP contribution in [-0.4, -0.2) is 106 Å². The predicted octanol–water partition coefficient (Wildman–Crippen LogP) is 4.90. The first-order valence-electron chi connectivity index (χ1n) is 25.9. The average Bonchev–Trinajstić information content (AvgIpc) is 4.17. The number of carbonyl (C=O) groups excluding carboxylic acids is 7. The molecule has 26 nitrogen and oxygen atoms in total. The van der Waals surface area contributed by atoms with Gasteiger partial charge in [0.2, 0.25) is 0 Å². The third-order valence-electron chi connectivity index (χ3n) is 11.2. The molecule has 0 saturated heterocycles. The number of benzene rings is 5. The van der Waals surface area contributed by atoms with Gasteiger partial charge in [0, 0.05) is 55.2 Å². The van der Waals surface area contributed by atoms with E-state index in [1.54, 1.807) is 75.5 Å². The highest BCUT2D eigenvalue weighted by Gasteiger charge is 2.11. The molecule has 0 unspecified atom stereocenters. The van der Waals surface area contributed by atoms with Crippen molar-refractivity contribution in [2.75, 3.05) is 56.3 Å². The molecule has 0 saturated carbocycles. The molecule has 14 N–H and O–H groups in total. The molecular formula is C57H66N14O12. The molecule has 0 radical (unpaired) electrons. The van der Waals surface area contributed by atoms with Crippen molar-refractivity contribution < 1.29 is 52.9 Å². The van der Waals surface area contributed by atoms with E-state index >= 15 is 0 Å². The lowest BCUT2D eigenvalue weighted by Crippen LogP contribution is -2.39. The maximum absolute atomic E-state index is 12.2. The number of carbonyl (C=O) groups is 7. The van der Waals surface area contributed by atoms with E-state index in [-0.39, 0.29) is 44.1 Å². The first-order chi connectivity index (χ1) is 40.0. The number of fused-ring (bicyclic) bond motifs is 3. The van der Waals surface area contributed by atoms with Crippen LogP contribution in [0.5, 0.6) is 5.75 Å². The molecular weight excluding hydrogens is 1070 g/mol. The normalized spacial score (nSPS) is 10.2. The zero-order valence-electron chi connectivity index (χ0n) is 45.8. The fourth-order valence-corrected chi connectivity index (χ4v) is 7.21. The summed E-state index contributed by atoms with van der Waals surface area (Å²) in [5.74, 6) is -0.804. The minimum atomic E-state index is -0.527. The number of anilines is 2. The maximum atomic E-state index is 12.2. The van der Waals surface area contributed by atoms with E-state index in [0.29, 0.717) is 55.3 Å². The Morgan fingerprint density at radius 2 is 1.06 bits per heavy atom. The number of esters is 3. The third-order valence-corrected chi connectivity index (χ3v) is 11.2. The Morgan fingerprint density at radius 1 is 0.542 bits per heavy atom. The number of amides is 8. The molecule has 0 bridgehead atoms. The Morgan fingerprint density at radius 3 is 1.65 bits per heavy atom. The number of nitrogens with one attached hydrogen (secondary N) is 9. The summed E-state index contributed by atoms with van der Waals surface area (Å²) in [5, 5.41) is 30.4. The van der Waals surface area contributed by atoms with Crippen LogP contribution < -0.4 is 59.7 Å². The van der Waals surface area contributed by atoms with Gasteiger partial charge in [0.15, 0.2) is 0 Å². The van der Waals surface area contributed by atoms with Crippen LogP contribution in [0.15, 0.2) is 145 Å². The van der Waals surface area contributed by atoms with Gasteiger partial charge < -0.3 is 73.0 Å². The van der Waals surface area contributed by atoms with E-state index in [9.17, 15) is 38.4 Å². The molecule has 8 rings (SSSR count). The van der Waals surface area contributed by atoms with Crippen LogP contribution in [0.2, 0.25) is 0 Å². The molecule has 8 aromatic rings. The van der Waals surface area contributed by atoms with Gasteiger partial charge in [-0.15, -0.1) is 0 Å². The fraction of sp³-hybridized carbons (Fsp3) is 0.228. The van der Waals surface area contributed by atoms with Crippen molar-refractivity contribution in [2.45, 2.75) is 47.0 Å². The number of nitrogen functional groups attached to an aromatic ring is 2. The first kappa shape index (κ1) is 62.9. The summed E-state index contributed by atoms with van der Waals surface area (Å²) in [4.78, 5) is 103. The molecule has 83 heavy (non-hydrogen) atoms. The Labute approximate surface area is 476 Å². The second-order valence-electron chi connectivity index (χ2n) is 17.3. The van der Waals surface area contributed by atoms with Crippen LogP contribution in [0.4, 0.5) is 30.7 Å². The number of aromatic nitrogens is 4. The van der Waals surface area contributed by atoms with Crippen molar-refractivity contribution in [1.29, 1.82) is 0 Å². The number of hydrogen-bond acceptors (Lipinski definition) is 16. The zero-order chi connectivity index (χ0) is 59.9. The van der Waals surface area contributed by atoms with Gasteiger partial charge in [-0.3, -0.25) is 19.2 Å². The number of rotatable bonds is 18. The quantitative estimate of drug-likeness (QED) is 0.0309. The van der Waals surface area contributed by atoms with Gasteiger partial charge >= 0.3 is 42.0 Å². The molecule has 3 aromatic heterocycles. The van der Waals surface area contributed by atoms with Crippen LogP contribution in [0.1, 0.15) is 43.0 Å². The molecule has 8 amide bonds. The SMILES string of the molecule is CCOC(=O)CNC(=O)NCc1ccc(N)c2ccccc12.CCOC(=O)CNC(=O)NCc1ccc(O)cc1.CCOC(=O)CNC(=O)NCc1ccc2[nH]ccc2c1.Nc1ccc(CNC(=O)Nn2cnc3ccccc3c2=O)cn1. The van der Waals surface area contributed by atoms with Crippen LogP contribution in [0, 0.1) is 0 Å². The summed E-state index contributed by atoms with van der Waals surface area (Å²) >= 11 is 0. The van der Waals surface area contributed by atoms with Crippen LogP contribution in [-0.2, 0) is 54.8 Å². The lowest BCUT2D eigenvalue weighted by Gasteiger charge is -2.11. The minimum Gasteiger partial charge on any atom is -0.508 e. The minimum absolute atomic E-state index is 0.128. The number of aromatic hydroxyl groups is 1. The average molecular weight is 1140 g/mol. The second kappa shape index (κ2) is 33.5. The highest BCUT2D eigenvalue weighted by atomic mass is 16.5. The van der Waals surface area contributed by atoms with E-state index in [4.69, 9.17) is 26.0 Å². The Bertz CT molecular complexity index is 3500. The van der Waals surface area contributed by atoms with E-state index < -0.39 is 42.0 Å².